The van der Waals surface area contributed by atoms with Crippen molar-refractivity contribution in [1.29, 1.82) is 0 Å². The lowest BCUT2D eigenvalue weighted by Crippen LogP contribution is -2.29. The SMILES string of the molecule is CC(=O)c1sc(N2C(=O)C(=O)/C(=C(/O)c3ccncc3)C2c2ccc(Cl)c(Cl)c2)nc1C. The highest BCUT2D eigenvalue weighted by Crippen LogP contribution is 2.44. The first kappa shape index (κ1) is 22.1. The molecule has 0 aliphatic carbocycles. The Balaban J connectivity index is 1.97. The number of nitrogens with zero attached hydrogens (tertiary/aromatic N) is 3. The zero-order chi connectivity index (χ0) is 23.2. The van der Waals surface area contributed by atoms with Crippen molar-refractivity contribution in [2.75, 3.05) is 4.90 Å². The first-order valence-corrected chi connectivity index (χ1v) is 10.9. The maximum absolute atomic E-state index is 13.1. The van der Waals surface area contributed by atoms with E-state index in [9.17, 15) is 19.5 Å². The first-order chi connectivity index (χ1) is 15.2. The van der Waals surface area contributed by atoms with Crippen molar-refractivity contribution in [3.63, 3.8) is 0 Å². The second-order valence-electron chi connectivity index (χ2n) is 7.05. The molecule has 1 amide bonds. The summed E-state index contributed by atoms with van der Waals surface area (Å²) < 4.78 is 0. The standard InChI is InChI=1S/C22H15Cl2N3O4S/c1-10-20(11(2)28)32-22(26-10)27-17(13-3-4-14(23)15(24)9-13)16(19(30)21(27)31)18(29)12-5-7-25-8-6-12/h3-9,17,29H,1-2H3/b18-16+. The number of ketones is 2. The third-order valence-corrected chi connectivity index (χ3v) is 6.97. The maximum atomic E-state index is 13.1. The highest BCUT2D eigenvalue weighted by atomic mass is 35.5. The van der Waals surface area contributed by atoms with Gasteiger partial charge in [0.05, 0.1) is 32.2 Å². The van der Waals surface area contributed by atoms with Crippen LogP contribution in [-0.2, 0) is 9.59 Å². The van der Waals surface area contributed by atoms with Gasteiger partial charge in [-0.25, -0.2) is 4.98 Å². The highest BCUT2D eigenvalue weighted by molar-refractivity contribution is 7.18. The Kier molecular flexibility index (Phi) is 5.85. The number of amides is 1. The van der Waals surface area contributed by atoms with Gasteiger partial charge in [-0.3, -0.25) is 24.3 Å². The van der Waals surface area contributed by atoms with E-state index in [1.165, 1.54) is 42.4 Å². The molecular formula is C22H15Cl2N3O4S. The average molecular weight is 488 g/mol. The number of carbonyl (C=O) groups is 3. The van der Waals surface area contributed by atoms with Gasteiger partial charge in [0.25, 0.3) is 5.78 Å². The van der Waals surface area contributed by atoms with Crippen molar-refractivity contribution in [2.24, 2.45) is 0 Å². The molecule has 1 unspecified atom stereocenters. The molecule has 0 spiro atoms. The molecule has 162 valence electrons. The van der Waals surface area contributed by atoms with Crippen LogP contribution in [0, 0.1) is 6.92 Å². The Morgan fingerprint density at radius 3 is 2.41 bits per heavy atom. The molecule has 0 saturated carbocycles. The molecule has 10 heteroatoms. The predicted octanol–water partition coefficient (Wildman–Crippen LogP) is 4.98. The van der Waals surface area contributed by atoms with Crippen LogP contribution in [0.15, 0.2) is 48.3 Å². The Hall–Kier alpha value is -3.07. The predicted molar refractivity (Wildman–Crippen MR) is 122 cm³/mol. The number of halogens is 2. The van der Waals surface area contributed by atoms with Gasteiger partial charge in [-0.1, -0.05) is 40.6 Å². The van der Waals surface area contributed by atoms with Gasteiger partial charge >= 0.3 is 5.91 Å². The van der Waals surface area contributed by atoms with Gasteiger partial charge in [-0.15, -0.1) is 0 Å². The maximum Gasteiger partial charge on any atom is 0.301 e. The van der Waals surface area contributed by atoms with E-state index in [2.05, 4.69) is 9.97 Å². The third-order valence-electron chi connectivity index (χ3n) is 4.97. The quantitative estimate of drug-likeness (QED) is 0.241. The van der Waals surface area contributed by atoms with Crippen LogP contribution < -0.4 is 4.90 Å². The van der Waals surface area contributed by atoms with Crippen LogP contribution in [0.5, 0.6) is 0 Å². The van der Waals surface area contributed by atoms with Crippen molar-refractivity contribution in [3.8, 4) is 0 Å². The Morgan fingerprint density at radius 1 is 1.12 bits per heavy atom. The summed E-state index contributed by atoms with van der Waals surface area (Å²) in [6.07, 6.45) is 2.92. The van der Waals surface area contributed by atoms with E-state index in [-0.39, 0.29) is 27.3 Å². The van der Waals surface area contributed by atoms with E-state index in [4.69, 9.17) is 23.2 Å². The number of carbonyl (C=O) groups excluding carboxylic acids is 3. The molecule has 1 fully saturated rings. The van der Waals surface area contributed by atoms with Gasteiger partial charge in [-0.05, 0) is 36.8 Å². The molecule has 1 aromatic carbocycles. The number of aromatic nitrogens is 2. The normalized spacial score (nSPS) is 17.8. The average Bonchev–Trinajstić information content (AvgIpc) is 3.27. The zero-order valence-corrected chi connectivity index (χ0v) is 19.1. The molecule has 0 bridgehead atoms. The molecule has 2 aromatic heterocycles. The minimum absolute atomic E-state index is 0.128. The summed E-state index contributed by atoms with van der Waals surface area (Å²) in [5, 5.41) is 11.7. The number of rotatable bonds is 4. The van der Waals surface area contributed by atoms with Crippen molar-refractivity contribution < 1.29 is 19.5 Å². The second kappa shape index (κ2) is 8.46. The van der Waals surface area contributed by atoms with Gasteiger partial charge in [0.1, 0.15) is 5.76 Å². The second-order valence-corrected chi connectivity index (χ2v) is 8.84. The first-order valence-electron chi connectivity index (χ1n) is 9.35. The monoisotopic (exact) mass is 487 g/mol. The van der Waals surface area contributed by atoms with E-state index in [0.29, 0.717) is 26.7 Å². The van der Waals surface area contributed by atoms with Gasteiger partial charge in [0.2, 0.25) is 0 Å². The topological polar surface area (TPSA) is 100 Å². The number of aliphatic hydroxyl groups excluding tert-OH is 1. The summed E-state index contributed by atoms with van der Waals surface area (Å²) in [6.45, 7) is 3.05. The van der Waals surface area contributed by atoms with Crippen LogP contribution >= 0.6 is 34.5 Å². The molecule has 32 heavy (non-hydrogen) atoms. The highest BCUT2D eigenvalue weighted by Gasteiger charge is 2.48. The lowest BCUT2D eigenvalue weighted by atomic mass is 9.95. The molecular weight excluding hydrogens is 473 g/mol. The number of thiazole rings is 1. The molecule has 1 atom stereocenters. The van der Waals surface area contributed by atoms with Crippen molar-refractivity contribution in [3.05, 3.63) is 80.0 Å². The van der Waals surface area contributed by atoms with E-state index >= 15 is 0 Å². The van der Waals surface area contributed by atoms with Crippen LogP contribution in [0.4, 0.5) is 5.13 Å². The number of Topliss-reactive ketones (excluding diaryl/α,β-unsaturated/α-hetero) is 2. The van der Waals surface area contributed by atoms with Crippen LogP contribution in [0.25, 0.3) is 5.76 Å². The molecule has 4 rings (SSSR count). The number of aliphatic hydroxyl groups is 1. The number of benzene rings is 1. The summed E-state index contributed by atoms with van der Waals surface area (Å²) in [6, 6.07) is 6.71. The molecule has 1 aliphatic rings. The summed E-state index contributed by atoms with van der Waals surface area (Å²) in [5.74, 6) is -2.32. The number of anilines is 1. The van der Waals surface area contributed by atoms with E-state index in [0.717, 1.165) is 11.3 Å². The zero-order valence-electron chi connectivity index (χ0n) is 16.8. The molecule has 1 aliphatic heterocycles. The molecule has 3 aromatic rings. The molecule has 7 nitrogen and oxygen atoms in total. The van der Waals surface area contributed by atoms with Crippen molar-refractivity contribution >= 4 is 62.9 Å². The minimum Gasteiger partial charge on any atom is -0.507 e. The number of aryl methyl sites for hydroxylation is 1. The van der Waals surface area contributed by atoms with Gasteiger partial charge in [-0.2, -0.15) is 0 Å². The smallest absolute Gasteiger partial charge is 0.301 e. The van der Waals surface area contributed by atoms with Gasteiger partial charge < -0.3 is 5.11 Å². The summed E-state index contributed by atoms with van der Waals surface area (Å²) in [4.78, 5) is 48.0. The third kappa shape index (κ3) is 3.70. The van der Waals surface area contributed by atoms with E-state index < -0.39 is 17.7 Å². The Bertz CT molecular complexity index is 1300. The van der Waals surface area contributed by atoms with Crippen LogP contribution in [0.2, 0.25) is 10.0 Å². The fraction of sp³-hybridized carbons (Fsp3) is 0.136. The Morgan fingerprint density at radius 2 is 1.81 bits per heavy atom. The van der Waals surface area contributed by atoms with Crippen LogP contribution in [-0.4, -0.2) is 32.5 Å². The van der Waals surface area contributed by atoms with Gasteiger partial charge in [0, 0.05) is 24.9 Å². The van der Waals surface area contributed by atoms with Crippen molar-refractivity contribution in [2.45, 2.75) is 19.9 Å². The molecule has 3 heterocycles. The van der Waals surface area contributed by atoms with E-state index in [1.807, 2.05) is 0 Å². The molecule has 0 radical (unpaired) electrons. The van der Waals surface area contributed by atoms with Crippen LogP contribution in [0.3, 0.4) is 0 Å². The number of hydrogen-bond donors (Lipinski definition) is 1. The summed E-state index contributed by atoms with van der Waals surface area (Å²) in [7, 11) is 0. The van der Waals surface area contributed by atoms with E-state index in [1.54, 1.807) is 19.1 Å². The van der Waals surface area contributed by atoms with Crippen molar-refractivity contribution in [1.82, 2.24) is 9.97 Å². The lowest BCUT2D eigenvalue weighted by Gasteiger charge is -2.23. The summed E-state index contributed by atoms with van der Waals surface area (Å²) >= 11 is 13.3. The lowest BCUT2D eigenvalue weighted by molar-refractivity contribution is -0.132. The number of pyridine rings is 1. The minimum atomic E-state index is -1.02. The van der Waals surface area contributed by atoms with Gasteiger partial charge in [0.15, 0.2) is 10.9 Å². The van der Waals surface area contributed by atoms with Crippen LogP contribution in [0.1, 0.15) is 39.5 Å². The molecule has 1 N–H and O–H groups in total. The fourth-order valence-electron chi connectivity index (χ4n) is 3.50. The molecule has 1 saturated heterocycles. The summed E-state index contributed by atoms with van der Waals surface area (Å²) in [5.41, 5.74) is 1.09. The number of hydrogen-bond acceptors (Lipinski definition) is 7. The largest absolute Gasteiger partial charge is 0.507 e. The fourth-order valence-corrected chi connectivity index (χ4v) is 4.80. The Labute approximate surface area is 196 Å².